The van der Waals surface area contributed by atoms with Crippen LogP contribution in [0.1, 0.15) is 5.56 Å². The fourth-order valence-electron chi connectivity index (χ4n) is 2.68. The summed E-state index contributed by atoms with van der Waals surface area (Å²) >= 11 is 6.97. The van der Waals surface area contributed by atoms with E-state index in [0.717, 1.165) is 16.7 Å². The van der Waals surface area contributed by atoms with Gasteiger partial charge in [0, 0.05) is 11.6 Å². The van der Waals surface area contributed by atoms with Gasteiger partial charge in [0.2, 0.25) is 6.79 Å². The molecule has 0 aliphatic carbocycles. The van der Waals surface area contributed by atoms with Gasteiger partial charge in [0.1, 0.15) is 5.75 Å². The van der Waals surface area contributed by atoms with E-state index < -0.39 is 11.1 Å². The molecule has 6 nitrogen and oxygen atoms in total. The Labute approximate surface area is 158 Å². The number of para-hydroxylation sites is 1. The molecule has 2 amide bonds. The molecule has 2 aromatic rings. The number of halogens is 1. The highest BCUT2D eigenvalue weighted by Crippen LogP contribution is 2.42. The predicted octanol–water partition coefficient (Wildman–Crippen LogP) is 4.32. The van der Waals surface area contributed by atoms with Crippen molar-refractivity contribution >= 4 is 46.3 Å². The van der Waals surface area contributed by atoms with Gasteiger partial charge in [-0.25, -0.2) is 4.90 Å². The lowest BCUT2D eigenvalue weighted by atomic mass is 10.1. The van der Waals surface area contributed by atoms with Crippen LogP contribution in [0, 0.1) is 0 Å². The van der Waals surface area contributed by atoms with Gasteiger partial charge in [-0.3, -0.25) is 9.59 Å². The minimum Gasteiger partial charge on any atom is -0.496 e. The van der Waals surface area contributed by atoms with Crippen LogP contribution in [0.2, 0.25) is 5.02 Å². The first-order valence-electron chi connectivity index (χ1n) is 7.58. The van der Waals surface area contributed by atoms with Gasteiger partial charge in [0.25, 0.3) is 11.1 Å². The summed E-state index contributed by atoms with van der Waals surface area (Å²) in [5.41, 5.74) is 0.971. The first kappa shape index (κ1) is 16.8. The number of benzene rings is 2. The van der Waals surface area contributed by atoms with Crippen LogP contribution in [0.25, 0.3) is 6.08 Å². The van der Waals surface area contributed by atoms with Gasteiger partial charge in [0.15, 0.2) is 11.5 Å². The van der Waals surface area contributed by atoms with Crippen molar-refractivity contribution in [1.29, 1.82) is 0 Å². The second-order valence-electron chi connectivity index (χ2n) is 5.42. The average molecular weight is 390 g/mol. The Morgan fingerprint density at radius 1 is 1.19 bits per heavy atom. The van der Waals surface area contributed by atoms with Gasteiger partial charge in [-0.2, -0.15) is 0 Å². The Balaban J connectivity index is 1.72. The lowest BCUT2D eigenvalue weighted by molar-refractivity contribution is -0.113. The summed E-state index contributed by atoms with van der Waals surface area (Å²) in [5, 5.41) is -0.0780. The fourth-order valence-corrected chi connectivity index (χ4v) is 3.72. The van der Waals surface area contributed by atoms with Gasteiger partial charge in [-0.15, -0.1) is 0 Å². The van der Waals surface area contributed by atoms with E-state index in [1.807, 2.05) is 0 Å². The molecular weight excluding hydrogens is 378 g/mol. The third-order valence-electron chi connectivity index (χ3n) is 3.90. The van der Waals surface area contributed by atoms with E-state index in [9.17, 15) is 9.59 Å². The largest absolute Gasteiger partial charge is 0.496 e. The minimum absolute atomic E-state index is 0.130. The molecule has 0 bridgehead atoms. The minimum atomic E-state index is -0.437. The number of rotatable bonds is 3. The molecule has 0 N–H and O–H groups in total. The van der Waals surface area contributed by atoms with Crippen molar-refractivity contribution in [2.75, 3.05) is 18.8 Å². The van der Waals surface area contributed by atoms with Crippen LogP contribution < -0.4 is 19.1 Å². The first-order chi connectivity index (χ1) is 12.6. The van der Waals surface area contributed by atoms with E-state index >= 15 is 0 Å². The molecular formula is C18H12ClNO5S. The standard InChI is InChI=1S/C18H12ClNO5S/c1-23-13-8-15-14(24-9-25-15)6-10(13)7-16-17(21)20(18(22)26-16)12-5-3-2-4-11(12)19/h2-8H,9H2,1H3. The summed E-state index contributed by atoms with van der Waals surface area (Å²) in [6, 6.07) is 10.1. The fraction of sp³-hybridized carbons (Fsp3) is 0.111. The van der Waals surface area contributed by atoms with Crippen LogP contribution >= 0.6 is 23.4 Å². The van der Waals surface area contributed by atoms with Crippen LogP contribution in [0.15, 0.2) is 41.3 Å². The summed E-state index contributed by atoms with van der Waals surface area (Å²) in [6.07, 6.45) is 1.60. The highest BCUT2D eigenvalue weighted by atomic mass is 35.5. The maximum Gasteiger partial charge on any atom is 0.298 e. The maximum atomic E-state index is 12.8. The lowest BCUT2D eigenvalue weighted by Gasteiger charge is -2.13. The number of thioether (sulfide) groups is 1. The number of hydrogen-bond acceptors (Lipinski definition) is 6. The molecule has 1 fully saturated rings. The number of anilines is 1. The Bertz CT molecular complexity index is 959. The molecule has 26 heavy (non-hydrogen) atoms. The molecule has 2 aliphatic rings. The van der Waals surface area contributed by atoms with Crippen molar-refractivity contribution in [1.82, 2.24) is 0 Å². The number of nitrogens with zero attached hydrogens (tertiary/aromatic N) is 1. The van der Waals surface area contributed by atoms with Crippen molar-refractivity contribution < 1.29 is 23.8 Å². The number of imide groups is 1. The second kappa shape index (κ2) is 6.59. The Morgan fingerprint density at radius 3 is 2.65 bits per heavy atom. The summed E-state index contributed by atoms with van der Waals surface area (Å²) in [4.78, 5) is 26.5. The quantitative estimate of drug-likeness (QED) is 0.728. The third kappa shape index (κ3) is 2.79. The van der Waals surface area contributed by atoms with E-state index in [1.54, 1.807) is 42.5 Å². The van der Waals surface area contributed by atoms with E-state index in [0.29, 0.717) is 33.5 Å². The highest BCUT2D eigenvalue weighted by molar-refractivity contribution is 8.19. The summed E-state index contributed by atoms with van der Waals surface area (Å²) in [5.74, 6) is 1.21. The molecule has 0 saturated carbocycles. The van der Waals surface area contributed by atoms with Crippen LogP contribution in [-0.2, 0) is 4.79 Å². The highest BCUT2D eigenvalue weighted by Gasteiger charge is 2.37. The van der Waals surface area contributed by atoms with Crippen molar-refractivity contribution in [3.63, 3.8) is 0 Å². The summed E-state index contributed by atoms with van der Waals surface area (Å²) in [7, 11) is 1.52. The van der Waals surface area contributed by atoms with Gasteiger partial charge in [-0.05, 0) is 36.0 Å². The topological polar surface area (TPSA) is 65.1 Å². The average Bonchev–Trinajstić information content (AvgIpc) is 3.19. The van der Waals surface area contributed by atoms with Gasteiger partial charge in [0.05, 0.1) is 22.7 Å². The molecule has 2 aliphatic heterocycles. The summed E-state index contributed by atoms with van der Waals surface area (Å²) < 4.78 is 16.0. The van der Waals surface area contributed by atoms with Crippen molar-refractivity contribution in [2.24, 2.45) is 0 Å². The van der Waals surface area contributed by atoms with E-state index in [1.165, 1.54) is 7.11 Å². The molecule has 0 radical (unpaired) electrons. The lowest BCUT2D eigenvalue weighted by Crippen LogP contribution is -2.27. The van der Waals surface area contributed by atoms with Crippen LogP contribution in [-0.4, -0.2) is 25.0 Å². The number of amides is 2. The molecule has 132 valence electrons. The molecule has 0 spiro atoms. The normalized spacial score (nSPS) is 17.3. The van der Waals surface area contributed by atoms with Gasteiger partial charge >= 0.3 is 0 Å². The molecule has 2 heterocycles. The number of carbonyl (C=O) groups is 2. The smallest absolute Gasteiger partial charge is 0.298 e. The maximum absolute atomic E-state index is 12.8. The van der Waals surface area contributed by atoms with E-state index in [4.69, 9.17) is 25.8 Å². The third-order valence-corrected chi connectivity index (χ3v) is 5.09. The number of fused-ring (bicyclic) bond motifs is 1. The number of ether oxygens (including phenoxy) is 3. The number of methoxy groups -OCH3 is 1. The zero-order valence-corrected chi connectivity index (χ0v) is 15.1. The molecule has 0 aromatic heterocycles. The molecule has 2 aromatic carbocycles. The molecule has 1 saturated heterocycles. The van der Waals surface area contributed by atoms with Crippen molar-refractivity contribution in [3.05, 3.63) is 51.9 Å². The SMILES string of the molecule is COc1cc2c(cc1C=C1SC(=O)N(c3ccccc3Cl)C1=O)OCO2. The molecule has 4 rings (SSSR count). The van der Waals surface area contributed by atoms with Crippen molar-refractivity contribution in [2.45, 2.75) is 0 Å². The first-order valence-corrected chi connectivity index (χ1v) is 8.78. The number of hydrogen-bond donors (Lipinski definition) is 0. The van der Waals surface area contributed by atoms with Crippen molar-refractivity contribution in [3.8, 4) is 17.2 Å². The Hall–Kier alpha value is -2.64. The van der Waals surface area contributed by atoms with E-state index in [-0.39, 0.29) is 11.7 Å². The van der Waals surface area contributed by atoms with Gasteiger partial charge in [-0.1, -0.05) is 23.7 Å². The van der Waals surface area contributed by atoms with E-state index in [2.05, 4.69) is 0 Å². The van der Waals surface area contributed by atoms with Crippen LogP contribution in [0.4, 0.5) is 10.5 Å². The number of carbonyl (C=O) groups excluding carboxylic acids is 2. The van der Waals surface area contributed by atoms with Crippen LogP contribution in [0.3, 0.4) is 0 Å². The molecule has 8 heteroatoms. The van der Waals surface area contributed by atoms with Crippen LogP contribution in [0.5, 0.6) is 17.2 Å². The second-order valence-corrected chi connectivity index (χ2v) is 6.82. The van der Waals surface area contributed by atoms with Gasteiger partial charge < -0.3 is 14.2 Å². The monoisotopic (exact) mass is 389 g/mol. The zero-order chi connectivity index (χ0) is 18.3. The Morgan fingerprint density at radius 2 is 1.92 bits per heavy atom. The Kier molecular flexibility index (Phi) is 4.26. The molecule has 0 unspecified atom stereocenters. The zero-order valence-electron chi connectivity index (χ0n) is 13.5. The summed E-state index contributed by atoms with van der Waals surface area (Å²) in [6.45, 7) is 0.130. The predicted molar refractivity (Wildman–Crippen MR) is 99.0 cm³/mol. The molecule has 0 atom stereocenters.